The van der Waals surface area contributed by atoms with Crippen LogP contribution in [0.15, 0.2) is 53.5 Å². The third-order valence-corrected chi connectivity index (χ3v) is 9.01. The van der Waals surface area contributed by atoms with E-state index in [1.54, 1.807) is 16.4 Å². The van der Waals surface area contributed by atoms with Crippen molar-refractivity contribution < 1.29 is 23.5 Å². The molecule has 1 aromatic carbocycles. The molecule has 3 aromatic heterocycles. The summed E-state index contributed by atoms with van der Waals surface area (Å²) in [4.78, 5) is 46.6. The number of rotatable bonds is 6. The van der Waals surface area contributed by atoms with E-state index in [-0.39, 0.29) is 41.3 Å². The molecule has 1 aliphatic heterocycles. The minimum Gasteiger partial charge on any atom is -0.462 e. The molecule has 1 fully saturated rings. The number of fused-ring (bicyclic) bond motifs is 2. The Kier molecular flexibility index (Phi) is 6.89. The van der Waals surface area contributed by atoms with Gasteiger partial charge in [-0.05, 0) is 43.0 Å². The van der Waals surface area contributed by atoms with Gasteiger partial charge in [0.05, 0.1) is 23.4 Å². The van der Waals surface area contributed by atoms with E-state index >= 15 is 4.39 Å². The quantitative estimate of drug-likeness (QED) is 0.254. The number of amides is 1. The first-order chi connectivity index (χ1) is 19.7. The van der Waals surface area contributed by atoms with E-state index in [9.17, 15) is 14.4 Å². The largest absolute Gasteiger partial charge is 0.462 e. The highest BCUT2D eigenvalue weighted by Gasteiger charge is 2.37. The summed E-state index contributed by atoms with van der Waals surface area (Å²) in [6.45, 7) is 6.88. The van der Waals surface area contributed by atoms with Crippen molar-refractivity contribution in [1.29, 1.82) is 0 Å². The first-order valence-electron chi connectivity index (χ1n) is 13.7. The van der Waals surface area contributed by atoms with Crippen molar-refractivity contribution in [2.45, 2.75) is 58.2 Å². The van der Waals surface area contributed by atoms with Crippen molar-refractivity contribution in [3.8, 4) is 10.6 Å². The lowest BCUT2D eigenvalue weighted by molar-refractivity contribution is 0.0524. The fourth-order valence-electron chi connectivity index (χ4n) is 5.39. The van der Waals surface area contributed by atoms with Gasteiger partial charge in [0.25, 0.3) is 0 Å². The minimum atomic E-state index is -0.724. The number of thiophene rings is 1. The van der Waals surface area contributed by atoms with Gasteiger partial charge in [-0.3, -0.25) is 4.79 Å². The Morgan fingerprint density at radius 3 is 2.61 bits per heavy atom. The molecule has 8 nitrogen and oxygen atoms in total. The topological polar surface area (TPSA) is 90.7 Å². The highest BCUT2D eigenvalue weighted by atomic mass is 32.1. The molecule has 2 aliphatic rings. The van der Waals surface area contributed by atoms with Gasteiger partial charge in [-0.2, -0.15) is 0 Å². The number of ether oxygens (including phenoxy) is 2. The van der Waals surface area contributed by atoms with Gasteiger partial charge >= 0.3 is 12.1 Å². The summed E-state index contributed by atoms with van der Waals surface area (Å²) in [7, 11) is 0. The van der Waals surface area contributed by atoms with Crippen LogP contribution in [-0.4, -0.2) is 39.7 Å². The van der Waals surface area contributed by atoms with Gasteiger partial charge in [-0.1, -0.05) is 44.2 Å². The maximum absolute atomic E-state index is 15.6. The summed E-state index contributed by atoms with van der Waals surface area (Å²) >= 11 is 1.45. The predicted molar refractivity (Wildman–Crippen MR) is 154 cm³/mol. The summed E-state index contributed by atoms with van der Waals surface area (Å²) in [6.07, 6.45) is 2.86. The Morgan fingerprint density at radius 2 is 1.90 bits per heavy atom. The standard InChI is InChI=1S/C31H30FN3O5S/c1-4-39-29(37)22-15-35(20-10-11-20)28-21(26(22)36)13-23(32)25(33-28)24-12-19-14-34(17-31(2,3)27(19)41-24)30(38)40-16-18-8-6-5-7-9-18/h5-9,12-13,15,20H,4,10-11,14,16-17H2,1-3H3. The number of benzene rings is 1. The number of pyridine rings is 2. The Hall–Kier alpha value is -4.05. The number of halogens is 1. The molecule has 0 atom stereocenters. The Balaban J connectivity index is 1.34. The fraction of sp³-hybridized carbons (Fsp3) is 0.355. The lowest BCUT2D eigenvalue weighted by Crippen LogP contribution is -2.44. The lowest BCUT2D eigenvalue weighted by Gasteiger charge is -2.37. The number of carbonyl (C=O) groups is 2. The highest BCUT2D eigenvalue weighted by molar-refractivity contribution is 7.15. The van der Waals surface area contributed by atoms with E-state index in [1.807, 2.05) is 36.4 Å². The normalized spacial score (nSPS) is 16.0. The summed E-state index contributed by atoms with van der Waals surface area (Å²) in [6, 6.07) is 12.7. The van der Waals surface area contributed by atoms with E-state index in [0.717, 1.165) is 28.8 Å². The number of aromatic nitrogens is 2. The summed E-state index contributed by atoms with van der Waals surface area (Å²) in [5.74, 6) is -1.37. The van der Waals surface area contributed by atoms with Gasteiger partial charge in [0, 0.05) is 29.1 Å². The van der Waals surface area contributed by atoms with E-state index in [0.29, 0.717) is 23.6 Å². The summed E-state index contributed by atoms with van der Waals surface area (Å²) in [5.41, 5.74) is 1.21. The van der Waals surface area contributed by atoms with Crippen LogP contribution in [0.4, 0.5) is 9.18 Å². The maximum Gasteiger partial charge on any atom is 0.410 e. The zero-order valence-electron chi connectivity index (χ0n) is 23.1. The van der Waals surface area contributed by atoms with Crippen LogP contribution in [0.1, 0.15) is 66.0 Å². The Morgan fingerprint density at radius 1 is 1.15 bits per heavy atom. The molecule has 1 aliphatic carbocycles. The molecule has 4 heterocycles. The Bertz CT molecular complexity index is 1730. The van der Waals surface area contributed by atoms with Crippen LogP contribution in [0.25, 0.3) is 21.6 Å². The van der Waals surface area contributed by atoms with Crippen LogP contribution in [0.3, 0.4) is 0 Å². The van der Waals surface area contributed by atoms with Crippen molar-refractivity contribution in [2.24, 2.45) is 0 Å². The molecular weight excluding hydrogens is 545 g/mol. The van der Waals surface area contributed by atoms with Crippen molar-refractivity contribution in [1.82, 2.24) is 14.5 Å². The van der Waals surface area contributed by atoms with Gasteiger partial charge in [-0.15, -0.1) is 11.3 Å². The van der Waals surface area contributed by atoms with Crippen LogP contribution >= 0.6 is 11.3 Å². The zero-order chi connectivity index (χ0) is 28.9. The number of esters is 1. The SMILES string of the molecule is CCOC(=O)c1cn(C2CC2)c2nc(-c3cc4c(s3)C(C)(C)CN(C(=O)OCc3ccccc3)C4)c(F)cc2c1=O. The number of hydrogen-bond donors (Lipinski definition) is 0. The first-order valence-corrected chi connectivity index (χ1v) is 14.5. The first kappa shape index (κ1) is 27.1. The third-order valence-electron chi connectivity index (χ3n) is 7.46. The van der Waals surface area contributed by atoms with E-state index in [2.05, 4.69) is 18.8 Å². The minimum absolute atomic E-state index is 0.0534. The number of hydrogen-bond acceptors (Lipinski definition) is 7. The fourth-order valence-corrected chi connectivity index (χ4v) is 6.65. The van der Waals surface area contributed by atoms with Crippen LogP contribution in [-0.2, 0) is 28.0 Å². The Labute approximate surface area is 240 Å². The van der Waals surface area contributed by atoms with Gasteiger partial charge < -0.3 is 18.9 Å². The monoisotopic (exact) mass is 575 g/mol. The molecule has 0 N–H and O–H groups in total. The molecule has 0 saturated heterocycles. The van der Waals surface area contributed by atoms with Crippen LogP contribution in [0.5, 0.6) is 0 Å². The van der Waals surface area contributed by atoms with Gasteiger partial charge in [0.2, 0.25) is 5.43 Å². The average molecular weight is 576 g/mol. The van der Waals surface area contributed by atoms with Gasteiger partial charge in [0.15, 0.2) is 5.82 Å². The lowest BCUT2D eigenvalue weighted by atomic mass is 9.85. The van der Waals surface area contributed by atoms with Crippen molar-refractivity contribution in [2.75, 3.05) is 13.2 Å². The molecule has 0 spiro atoms. The molecule has 0 unspecified atom stereocenters. The van der Waals surface area contributed by atoms with E-state index in [4.69, 9.17) is 9.47 Å². The third kappa shape index (κ3) is 5.12. The maximum atomic E-state index is 15.6. The summed E-state index contributed by atoms with van der Waals surface area (Å²) in [5, 5.41) is 0.0534. The summed E-state index contributed by atoms with van der Waals surface area (Å²) < 4.78 is 28.1. The predicted octanol–water partition coefficient (Wildman–Crippen LogP) is 6.21. The van der Waals surface area contributed by atoms with Crippen molar-refractivity contribution in [3.63, 3.8) is 0 Å². The average Bonchev–Trinajstić information content (AvgIpc) is 3.70. The van der Waals surface area contributed by atoms with E-state index < -0.39 is 23.3 Å². The smallest absolute Gasteiger partial charge is 0.410 e. The molecule has 212 valence electrons. The molecule has 0 bridgehead atoms. The van der Waals surface area contributed by atoms with Crippen LogP contribution < -0.4 is 5.43 Å². The molecule has 0 radical (unpaired) electrons. The molecule has 1 saturated carbocycles. The highest BCUT2D eigenvalue weighted by Crippen LogP contribution is 2.43. The van der Waals surface area contributed by atoms with Gasteiger partial charge in [0.1, 0.15) is 23.5 Å². The second-order valence-corrected chi connectivity index (χ2v) is 12.2. The molecule has 6 rings (SSSR count). The molecule has 41 heavy (non-hydrogen) atoms. The van der Waals surface area contributed by atoms with Crippen molar-refractivity contribution >= 4 is 34.4 Å². The molecule has 10 heteroatoms. The number of nitrogens with zero attached hydrogens (tertiary/aromatic N) is 3. The van der Waals surface area contributed by atoms with E-state index in [1.165, 1.54) is 23.6 Å². The second-order valence-electron chi connectivity index (χ2n) is 11.2. The van der Waals surface area contributed by atoms with Crippen LogP contribution in [0.2, 0.25) is 0 Å². The second kappa shape index (κ2) is 10.4. The van der Waals surface area contributed by atoms with Gasteiger partial charge in [-0.25, -0.2) is 19.0 Å². The van der Waals surface area contributed by atoms with Crippen LogP contribution in [0, 0.1) is 5.82 Å². The molecule has 1 amide bonds. The number of carbonyl (C=O) groups excluding carboxylic acids is 2. The zero-order valence-corrected chi connectivity index (χ0v) is 23.9. The molecule has 4 aromatic rings. The molecular formula is C31H30FN3O5S. The van der Waals surface area contributed by atoms with Crippen molar-refractivity contribution in [3.05, 3.63) is 86.3 Å².